The van der Waals surface area contributed by atoms with E-state index in [9.17, 15) is 4.79 Å². The van der Waals surface area contributed by atoms with E-state index in [0.29, 0.717) is 23.8 Å². The first-order valence-electron chi connectivity index (χ1n) is 7.80. The van der Waals surface area contributed by atoms with Crippen molar-refractivity contribution in [1.82, 2.24) is 9.97 Å². The summed E-state index contributed by atoms with van der Waals surface area (Å²) in [4.78, 5) is 20.4. The molecule has 0 aliphatic carbocycles. The third kappa shape index (κ3) is 3.33. The predicted molar refractivity (Wildman–Crippen MR) is 86.0 cm³/mol. The van der Waals surface area contributed by atoms with Gasteiger partial charge in [-0.3, -0.25) is 4.79 Å². The molecule has 0 bridgehead atoms. The third-order valence-electron chi connectivity index (χ3n) is 3.80. The van der Waals surface area contributed by atoms with Crippen molar-refractivity contribution in [3.8, 4) is 17.4 Å². The molecule has 0 N–H and O–H groups in total. The Bertz CT molecular complexity index is 756. The predicted octanol–water partition coefficient (Wildman–Crippen LogP) is 4.11. The Morgan fingerprint density at radius 3 is 2.78 bits per heavy atom. The van der Waals surface area contributed by atoms with E-state index in [-0.39, 0.29) is 17.8 Å². The van der Waals surface area contributed by atoms with Crippen LogP contribution in [0.3, 0.4) is 0 Å². The van der Waals surface area contributed by atoms with Crippen LogP contribution in [-0.4, -0.2) is 15.9 Å². The highest BCUT2D eigenvalue weighted by Crippen LogP contribution is 2.37. The van der Waals surface area contributed by atoms with Gasteiger partial charge in [-0.05, 0) is 24.5 Å². The lowest BCUT2D eigenvalue weighted by Gasteiger charge is -2.21. The van der Waals surface area contributed by atoms with Crippen molar-refractivity contribution in [3.63, 3.8) is 0 Å². The fourth-order valence-corrected chi connectivity index (χ4v) is 2.59. The Balaban J connectivity index is 1.89. The van der Waals surface area contributed by atoms with Gasteiger partial charge in [0.2, 0.25) is 5.88 Å². The fraction of sp³-hybridized carbons (Fsp3) is 0.389. The van der Waals surface area contributed by atoms with Crippen LogP contribution < -0.4 is 9.47 Å². The smallest absolute Gasteiger partial charge is 0.311 e. The van der Waals surface area contributed by atoms with E-state index in [2.05, 4.69) is 9.97 Å². The second-order valence-electron chi connectivity index (χ2n) is 6.24. The second-order valence-corrected chi connectivity index (χ2v) is 6.24. The Labute approximate surface area is 135 Å². The maximum absolute atomic E-state index is 11.6. The normalized spacial score (nSPS) is 16.9. The molecule has 5 heteroatoms. The molecule has 3 rings (SSSR count). The number of ether oxygens (including phenoxy) is 2. The molecule has 1 aliphatic heterocycles. The summed E-state index contributed by atoms with van der Waals surface area (Å²) in [6.45, 7) is 8.01. The zero-order chi connectivity index (χ0) is 16.6. The number of carbonyl (C=O) groups excluding carboxylic acids is 1. The van der Waals surface area contributed by atoms with Crippen LogP contribution in [0, 0.1) is 6.92 Å². The summed E-state index contributed by atoms with van der Waals surface area (Å²) in [5.41, 5.74) is 1.88. The van der Waals surface area contributed by atoms with Gasteiger partial charge in [0.1, 0.15) is 17.3 Å². The van der Waals surface area contributed by atoms with E-state index in [4.69, 9.17) is 9.47 Å². The summed E-state index contributed by atoms with van der Waals surface area (Å²) in [5.74, 6) is 2.59. The van der Waals surface area contributed by atoms with Gasteiger partial charge in [0.15, 0.2) is 0 Å². The van der Waals surface area contributed by atoms with Gasteiger partial charge in [-0.15, -0.1) is 0 Å². The van der Waals surface area contributed by atoms with Gasteiger partial charge in [0.25, 0.3) is 0 Å². The number of rotatable bonds is 3. The topological polar surface area (TPSA) is 61.3 Å². The molecular weight excluding hydrogens is 292 g/mol. The van der Waals surface area contributed by atoms with Gasteiger partial charge in [0.05, 0.1) is 6.42 Å². The van der Waals surface area contributed by atoms with Gasteiger partial charge in [0, 0.05) is 23.7 Å². The van der Waals surface area contributed by atoms with Crippen LogP contribution >= 0.6 is 0 Å². The summed E-state index contributed by atoms with van der Waals surface area (Å²) < 4.78 is 11.2. The van der Waals surface area contributed by atoms with Crippen LogP contribution in [0.2, 0.25) is 0 Å². The molecule has 0 saturated heterocycles. The number of carbonyl (C=O) groups is 1. The Kier molecular flexibility index (Phi) is 4.03. The van der Waals surface area contributed by atoms with E-state index in [1.165, 1.54) is 0 Å². The van der Waals surface area contributed by atoms with Gasteiger partial charge < -0.3 is 9.47 Å². The van der Waals surface area contributed by atoms with Crippen molar-refractivity contribution in [2.24, 2.45) is 0 Å². The summed E-state index contributed by atoms with van der Waals surface area (Å²) >= 11 is 0. The molecule has 2 aromatic rings. The fourth-order valence-electron chi connectivity index (χ4n) is 2.59. The summed E-state index contributed by atoms with van der Waals surface area (Å²) in [6.07, 6.45) is 0.413. The number of hydrogen-bond acceptors (Lipinski definition) is 5. The number of fused-ring (bicyclic) bond motifs is 1. The van der Waals surface area contributed by atoms with Crippen molar-refractivity contribution in [1.29, 1.82) is 0 Å². The highest BCUT2D eigenvalue weighted by Gasteiger charge is 2.24. The number of aromatic nitrogens is 2. The zero-order valence-electron chi connectivity index (χ0n) is 13.8. The van der Waals surface area contributed by atoms with Gasteiger partial charge in [-0.2, -0.15) is 4.98 Å². The van der Waals surface area contributed by atoms with Crippen LogP contribution in [0.5, 0.6) is 17.4 Å². The van der Waals surface area contributed by atoms with Crippen LogP contribution in [0.1, 0.15) is 56.1 Å². The molecule has 1 aromatic carbocycles. The van der Waals surface area contributed by atoms with Crippen molar-refractivity contribution in [2.45, 2.75) is 46.0 Å². The Hall–Kier alpha value is -2.43. The summed E-state index contributed by atoms with van der Waals surface area (Å²) in [5, 5.41) is 0. The maximum atomic E-state index is 11.6. The van der Waals surface area contributed by atoms with E-state index in [1.54, 1.807) is 12.1 Å². The first-order valence-corrected chi connectivity index (χ1v) is 7.80. The van der Waals surface area contributed by atoms with Crippen molar-refractivity contribution < 1.29 is 14.3 Å². The van der Waals surface area contributed by atoms with Gasteiger partial charge in [-0.25, -0.2) is 4.98 Å². The monoisotopic (exact) mass is 312 g/mol. The van der Waals surface area contributed by atoms with E-state index >= 15 is 0 Å². The molecule has 120 valence electrons. The number of hydrogen-bond donors (Lipinski definition) is 0. The van der Waals surface area contributed by atoms with Crippen LogP contribution in [0.4, 0.5) is 0 Å². The van der Waals surface area contributed by atoms with Crippen molar-refractivity contribution in [3.05, 3.63) is 41.3 Å². The number of benzene rings is 1. The highest BCUT2D eigenvalue weighted by molar-refractivity contribution is 5.76. The third-order valence-corrected chi connectivity index (χ3v) is 3.80. The van der Waals surface area contributed by atoms with Crippen molar-refractivity contribution >= 4 is 5.97 Å². The molecule has 0 fully saturated rings. The number of aryl methyl sites for hydroxylation is 1. The summed E-state index contributed by atoms with van der Waals surface area (Å²) in [6, 6.07) is 7.36. The second kappa shape index (κ2) is 5.99. The molecule has 5 nitrogen and oxygen atoms in total. The minimum atomic E-state index is -0.206. The SMILES string of the molecule is Cc1cc(Oc2ccc3c(c2)OC(=O)CC3C)nc(C(C)C)n1. The average Bonchev–Trinajstić information content (AvgIpc) is 2.45. The first-order chi connectivity index (χ1) is 10.9. The van der Waals surface area contributed by atoms with Gasteiger partial charge >= 0.3 is 5.97 Å². The van der Waals surface area contributed by atoms with Gasteiger partial charge in [-0.1, -0.05) is 26.8 Å². The Morgan fingerprint density at radius 2 is 2.04 bits per heavy atom. The molecule has 0 spiro atoms. The lowest BCUT2D eigenvalue weighted by atomic mass is 9.95. The van der Waals surface area contributed by atoms with Crippen LogP contribution in [0.25, 0.3) is 0 Å². The number of nitrogens with zero attached hydrogens (tertiary/aromatic N) is 2. The molecule has 1 atom stereocenters. The van der Waals surface area contributed by atoms with E-state index in [0.717, 1.165) is 17.1 Å². The lowest BCUT2D eigenvalue weighted by Crippen LogP contribution is -2.18. The molecule has 1 aliphatic rings. The maximum Gasteiger partial charge on any atom is 0.311 e. The van der Waals surface area contributed by atoms with E-state index < -0.39 is 0 Å². The molecule has 0 amide bonds. The zero-order valence-corrected chi connectivity index (χ0v) is 13.8. The van der Waals surface area contributed by atoms with E-state index in [1.807, 2.05) is 39.8 Å². The molecule has 0 saturated carbocycles. The standard InChI is InChI=1S/C18H20N2O3/c1-10(2)18-19-12(4)8-16(20-18)22-13-5-6-14-11(3)7-17(21)23-15(14)9-13/h5-6,8-11H,7H2,1-4H3. The lowest BCUT2D eigenvalue weighted by molar-refractivity contribution is -0.135. The quantitative estimate of drug-likeness (QED) is 0.630. The number of esters is 1. The summed E-state index contributed by atoms with van der Waals surface area (Å²) in [7, 11) is 0. The van der Waals surface area contributed by atoms with Crippen LogP contribution in [-0.2, 0) is 4.79 Å². The van der Waals surface area contributed by atoms with Crippen LogP contribution in [0.15, 0.2) is 24.3 Å². The molecule has 23 heavy (non-hydrogen) atoms. The molecule has 0 radical (unpaired) electrons. The highest BCUT2D eigenvalue weighted by atomic mass is 16.5. The molecular formula is C18H20N2O3. The van der Waals surface area contributed by atoms with Crippen molar-refractivity contribution in [2.75, 3.05) is 0 Å². The minimum absolute atomic E-state index is 0.161. The minimum Gasteiger partial charge on any atom is -0.439 e. The average molecular weight is 312 g/mol. The molecule has 1 unspecified atom stereocenters. The first kappa shape index (κ1) is 15.5. The molecule has 1 aromatic heterocycles. The molecule has 2 heterocycles. The Morgan fingerprint density at radius 1 is 1.26 bits per heavy atom. The largest absolute Gasteiger partial charge is 0.439 e.